The van der Waals surface area contributed by atoms with E-state index in [1.54, 1.807) is 0 Å². The SMILES string of the molecule is CCOC1CC(CC(N)c2cc(F)cc(F)c2)C1. The summed E-state index contributed by atoms with van der Waals surface area (Å²) in [6.45, 7) is 2.72. The molecule has 2 rings (SSSR count). The zero-order valence-electron chi connectivity index (χ0n) is 10.5. The van der Waals surface area contributed by atoms with E-state index < -0.39 is 11.6 Å². The van der Waals surface area contributed by atoms with Crippen LogP contribution in [0.2, 0.25) is 0 Å². The van der Waals surface area contributed by atoms with Crippen molar-refractivity contribution in [3.63, 3.8) is 0 Å². The number of halogens is 2. The van der Waals surface area contributed by atoms with E-state index >= 15 is 0 Å². The molecule has 1 atom stereocenters. The van der Waals surface area contributed by atoms with Gasteiger partial charge < -0.3 is 10.5 Å². The second kappa shape index (κ2) is 5.76. The summed E-state index contributed by atoms with van der Waals surface area (Å²) in [6, 6.07) is 3.19. The van der Waals surface area contributed by atoms with Gasteiger partial charge in [-0.1, -0.05) is 0 Å². The van der Waals surface area contributed by atoms with E-state index in [0.29, 0.717) is 17.6 Å². The molecule has 0 spiro atoms. The Bertz CT molecular complexity index is 385. The third-order valence-electron chi connectivity index (χ3n) is 3.50. The summed E-state index contributed by atoms with van der Waals surface area (Å²) in [7, 11) is 0. The van der Waals surface area contributed by atoms with Crippen molar-refractivity contribution in [2.24, 2.45) is 11.7 Å². The van der Waals surface area contributed by atoms with E-state index in [4.69, 9.17) is 10.5 Å². The predicted molar refractivity (Wildman–Crippen MR) is 66.0 cm³/mol. The number of hydrogen-bond donors (Lipinski definition) is 1. The fourth-order valence-corrected chi connectivity index (χ4v) is 2.52. The predicted octanol–water partition coefficient (Wildman–Crippen LogP) is 3.17. The first-order valence-electron chi connectivity index (χ1n) is 6.41. The Balaban J connectivity index is 1.87. The highest BCUT2D eigenvalue weighted by Gasteiger charge is 2.31. The van der Waals surface area contributed by atoms with Gasteiger partial charge in [-0.15, -0.1) is 0 Å². The Morgan fingerprint density at radius 1 is 1.28 bits per heavy atom. The summed E-state index contributed by atoms with van der Waals surface area (Å²) in [5.74, 6) is -0.634. The lowest BCUT2D eigenvalue weighted by molar-refractivity contribution is -0.0282. The van der Waals surface area contributed by atoms with Gasteiger partial charge in [-0.05, 0) is 49.8 Å². The minimum Gasteiger partial charge on any atom is -0.378 e. The lowest BCUT2D eigenvalue weighted by Crippen LogP contribution is -2.33. The summed E-state index contributed by atoms with van der Waals surface area (Å²) < 4.78 is 31.6. The van der Waals surface area contributed by atoms with Crippen LogP contribution in [0.3, 0.4) is 0 Å². The molecule has 0 aromatic heterocycles. The third kappa shape index (κ3) is 3.27. The maximum Gasteiger partial charge on any atom is 0.126 e. The molecule has 0 aliphatic heterocycles. The average molecular weight is 255 g/mol. The Kier molecular flexibility index (Phi) is 4.30. The van der Waals surface area contributed by atoms with Gasteiger partial charge in [0.2, 0.25) is 0 Å². The van der Waals surface area contributed by atoms with E-state index in [9.17, 15) is 8.78 Å². The first kappa shape index (κ1) is 13.4. The molecule has 0 heterocycles. The fourth-order valence-electron chi connectivity index (χ4n) is 2.52. The molecule has 2 nitrogen and oxygen atoms in total. The van der Waals surface area contributed by atoms with Gasteiger partial charge in [0.25, 0.3) is 0 Å². The van der Waals surface area contributed by atoms with Gasteiger partial charge in [-0.25, -0.2) is 8.78 Å². The molecule has 1 aromatic carbocycles. The average Bonchev–Trinajstić information content (AvgIpc) is 2.24. The largest absolute Gasteiger partial charge is 0.378 e. The highest BCUT2D eigenvalue weighted by molar-refractivity contribution is 5.21. The van der Waals surface area contributed by atoms with Crippen LogP contribution in [0.15, 0.2) is 18.2 Å². The number of ether oxygens (including phenoxy) is 1. The van der Waals surface area contributed by atoms with Crippen LogP contribution in [-0.2, 0) is 4.74 Å². The van der Waals surface area contributed by atoms with E-state index in [2.05, 4.69) is 0 Å². The van der Waals surface area contributed by atoms with E-state index in [-0.39, 0.29) is 6.04 Å². The van der Waals surface area contributed by atoms with Crippen molar-refractivity contribution in [2.45, 2.75) is 38.3 Å². The van der Waals surface area contributed by atoms with Crippen LogP contribution in [0.25, 0.3) is 0 Å². The molecular weight excluding hydrogens is 236 g/mol. The molecule has 1 aromatic rings. The van der Waals surface area contributed by atoms with Crippen molar-refractivity contribution in [3.8, 4) is 0 Å². The molecule has 0 radical (unpaired) electrons. The molecule has 0 saturated heterocycles. The Morgan fingerprint density at radius 2 is 1.89 bits per heavy atom. The van der Waals surface area contributed by atoms with Gasteiger partial charge >= 0.3 is 0 Å². The van der Waals surface area contributed by atoms with Crippen LogP contribution in [0.4, 0.5) is 8.78 Å². The van der Waals surface area contributed by atoms with Crippen LogP contribution < -0.4 is 5.73 Å². The van der Waals surface area contributed by atoms with Crippen molar-refractivity contribution in [3.05, 3.63) is 35.4 Å². The fraction of sp³-hybridized carbons (Fsp3) is 0.571. The minimum atomic E-state index is -0.568. The Labute approximate surface area is 106 Å². The van der Waals surface area contributed by atoms with Gasteiger partial charge in [0.05, 0.1) is 6.10 Å². The quantitative estimate of drug-likeness (QED) is 0.877. The van der Waals surface area contributed by atoms with E-state index in [1.165, 1.54) is 12.1 Å². The standard InChI is InChI=1S/C14H19F2NO/c1-2-18-13-3-9(4-13)5-14(17)10-6-11(15)8-12(16)7-10/h6-9,13-14H,2-5,17H2,1H3. The summed E-state index contributed by atoms with van der Waals surface area (Å²) in [5.41, 5.74) is 6.52. The molecule has 4 heteroatoms. The van der Waals surface area contributed by atoms with Crippen molar-refractivity contribution in [1.82, 2.24) is 0 Å². The number of benzene rings is 1. The molecule has 1 unspecified atom stereocenters. The smallest absolute Gasteiger partial charge is 0.126 e. The van der Waals surface area contributed by atoms with Crippen LogP contribution in [0.5, 0.6) is 0 Å². The van der Waals surface area contributed by atoms with E-state index in [1.807, 2.05) is 6.92 Å². The first-order chi connectivity index (χ1) is 8.58. The van der Waals surface area contributed by atoms with E-state index in [0.717, 1.165) is 31.9 Å². The molecule has 0 amide bonds. The molecule has 1 fully saturated rings. The number of hydrogen-bond acceptors (Lipinski definition) is 2. The van der Waals surface area contributed by atoms with Crippen LogP contribution in [0, 0.1) is 17.6 Å². The summed E-state index contributed by atoms with van der Waals surface area (Å²) in [4.78, 5) is 0. The topological polar surface area (TPSA) is 35.2 Å². The van der Waals surface area contributed by atoms with Gasteiger partial charge in [0.1, 0.15) is 11.6 Å². The molecule has 2 N–H and O–H groups in total. The van der Waals surface area contributed by atoms with Gasteiger partial charge in [-0.2, -0.15) is 0 Å². The Hall–Kier alpha value is -1.00. The maximum absolute atomic E-state index is 13.1. The summed E-state index contributed by atoms with van der Waals surface area (Å²) in [6.07, 6.45) is 3.10. The summed E-state index contributed by atoms with van der Waals surface area (Å²) >= 11 is 0. The van der Waals surface area contributed by atoms with Crippen LogP contribution >= 0.6 is 0 Å². The molecule has 18 heavy (non-hydrogen) atoms. The lowest BCUT2D eigenvalue weighted by Gasteiger charge is -2.36. The number of rotatable bonds is 5. The zero-order chi connectivity index (χ0) is 13.1. The molecule has 100 valence electrons. The zero-order valence-corrected chi connectivity index (χ0v) is 10.5. The van der Waals surface area contributed by atoms with Gasteiger partial charge in [-0.3, -0.25) is 0 Å². The van der Waals surface area contributed by atoms with Crippen LogP contribution in [0.1, 0.15) is 37.8 Å². The highest BCUT2D eigenvalue weighted by atomic mass is 19.1. The lowest BCUT2D eigenvalue weighted by atomic mass is 9.77. The normalized spacial score (nSPS) is 24.7. The maximum atomic E-state index is 13.1. The molecule has 0 bridgehead atoms. The van der Waals surface area contributed by atoms with Crippen molar-refractivity contribution in [1.29, 1.82) is 0 Å². The molecule has 1 aliphatic rings. The molecule has 1 saturated carbocycles. The molecular formula is C14H19F2NO. The monoisotopic (exact) mass is 255 g/mol. The summed E-state index contributed by atoms with van der Waals surface area (Å²) in [5, 5.41) is 0. The highest BCUT2D eigenvalue weighted by Crippen LogP contribution is 2.36. The van der Waals surface area contributed by atoms with Crippen LogP contribution in [-0.4, -0.2) is 12.7 Å². The van der Waals surface area contributed by atoms with Crippen molar-refractivity contribution < 1.29 is 13.5 Å². The first-order valence-corrected chi connectivity index (χ1v) is 6.41. The van der Waals surface area contributed by atoms with Crippen molar-refractivity contribution >= 4 is 0 Å². The second-order valence-electron chi connectivity index (χ2n) is 4.96. The number of nitrogens with two attached hydrogens (primary N) is 1. The van der Waals surface area contributed by atoms with Crippen molar-refractivity contribution in [2.75, 3.05) is 6.61 Å². The van der Waals surface area contributed by atoms with Gasteiger partial charge in [0, 0.05) is 18.7 Å². The second-order valence-corrected chi connectivity index (χ2v) is 4.96. The minimum absolute atomic E-state index is 0.303. The van der Waals surface area contributed by atoms with Gasteiger partial charge in [0.15, 0.2) is 0 Å². The Morgan fingerprint density at radius 3 is 2.44 bits per heavy atom. The third-order valence-corrected chi connectivity index (χ3v) is 3.50. The molecule has 1 aliphatic carbocycles.